The predicted octanol–water partition coefficient (Wildman–Crippen LogP) is 1.81. The van der Waals surface area contributed by atoms with Crippen molar-refractivity contribution in [1.29, 1.82) is 0 Å². The minimum absolute atomic E-state index is 0.158. The van der Waals surface area contributed by atoms with Crippen molar-refractivity contribution in [3.63, 3.8) is 0 Å². The van der Waals surface area contributed by atoms with Gasteiger partial charge in [0.05, 0.1) is 5.88 Å². The molecule has 3 rings (SSSR count). The molecule has 1 amide bonds. The third-order valence-electron chi connectivity index (χ3n) is 3.89. The van der Waals surface area contributed by atoms with Crippen LogP contribution in [-0.4, -0.2) is 44.1 Å². The van der Waals surface area contributed by atoms with Gasteiger partial charge in [0.25, 0.3) is 5.91 Å². The number of aliphatic carboxylic acids is 1. The van der Waals surface area contributed by atoms with Gasteiger partial charge in [-0.05, 0) is 31.4 Å². The molecule has 1 saturated carbocycles. The number of nitrogens with zero attached hydrogens (tertiary/aromatic N) is 2. The SMILES string of the molecule is O=C(O)[C@@H]1CSCN1C(=O)c1cccn1C1CCC1. The van der Waals surface area contributed by atoms with Crippen LogP contribution in [0.2, 0.25) is 0 Å². The van der Waals surface area contributed by atoms with E-state index in [1.807, 2.05) is 16.8 Å². The molecule has 5 nitrogen and oxygen atoms in total. The van der Waals surface area contributed by atoms with Gasteiger partial charge in [-0.3, -0.25) is 4.79 Å². The van der Waals surface area contributed by atoms with E-state index in [9.17, 15) is 9.59 Å². The Bertz CT molecular complexity index is 510. The molecule has 0 spiro atoms. The van der Waals surface area contributed by atoms with Gasteiger partial charge in [0, 0.05) is 18.0 Å². The van der Waals surface area contributed by atoms with Gasteiger partial charge < -0.3 is 14.6 Å². The maximum absolute atomic E-state index is 12.5. The Morgan fingerprint density at radius 1 is 1.37 bits per heavy atom. The Balaban J connectivity index is 1.83. The van der Waals surface area contributed by atoms with Crippen molar-refractivity contribution in [2.45, 2.75) is 31.3 Å². The smallest absolute Gasteiger partial charge is 0.327 e. The van der Waals surface area contributed by atoms with Crippen LogP contribution in [0.15, 0.2) is 18.3 Å². The highest BCUT2D eigenvalue weighted by molar-refractivity contribution is 7.99. The molecule has 6 heteroatoms. The number of carboxylic acids is 1. The number of rotatable bonds is 3. The van der Waals surface area contributed by atoms with Crippen LogP contribution in [0.1, 0.15) is 35.8 Å². The summed E-state index contributed by atoms with van der Waals surface area (Å²) in [7, 11) is 0. The summed E-state index contributed by atoms with van der Waals surface area (Å²) in [5, 5.41) is 9.15. The van der Waals surface area contributed by atoms with E-state index in [0.717, 1.165) is 12.8 Å². The van der Waals surface area contributed by atoms with Gasteiger partial charge in [0.15, 0.2) is 0 Å². The van der Waals surface area contributed by atoms with Gasteiger partial charge >= 0.3 is 5.97 Å². The van der Waals surface area contributed by atoms with Gasteiger partial charge in [0.2, 0.25) is 0 Å². The molecule has 1 saturated heterocycles. The van der Waals surface area contributed by atoms with E-state index in [0.29, 0.717) is 23.4 Å². The van der Waals surface area contributed by atoms with Crippen molar-refractivity contribution in [2.75, 3.05) is 11.6 Å². The monoisotopic (exact) mass is 280 g/mol. The second-order valence-electron chi connectivity index (χ2n) is 5.01. The zero-order valence-corrected chi connectivity index (χ0v) is 11.3. The van der Waals surface area contributed by atoms with Crippen LogP contribution in [0.5, 0.6) is 0 Å². The van der Waals surface area contributed by atoms with E-state index < -0.39 is 12.0 Å². The summed E-state index contributed by atoms with van der Waals surface area (Å²) in [5.74, 6) is -0.133. The molecule has 19 heavy (non-hydrogen) atoms. The molecule has 1 N–H and O–H groups in total. The van der Waals surface area contributed by atoms with E-state index in [2.05, 4.69) is 0 Å². The summed E-state index contributed by atoms with van der Waals surface area (Å²) < 4.78 is 2.01. The highest BCUT2D eigenvalue weighted by atomic mass is 32.2. The topological polar surface area (TPSA) is 62.5 Å². The summed E-state index contributed by atoms with van der Waals surface area (Å²) in [4.78, 5) is 25.1. The van der Waals surface area contributed by atoms with E-state index in [4.69, 9.17) is 5.11 Å². The fourth-order valence-corrected chi connectivity index (χ4v) is 3.70. The molecular formula is C13H16N2O3S. The normalized spacial score (nSPS) is 23.4. The second-order valence-corrected chi connectivity index (χ2v) is 6.01. The van der Waals surface area contributed by atoms with Gasteiger partial charge in [-0.15, -0.1) is 11.8 Å². The first kappa shape index (κ1) is 12.6. The molecule has 1 atom stereocenters. The molecule has 1 aromatic rings. The van der Waals surface area contributed by atoms with E-state index in [-0.39, 0.29) is 5.91 Å². The van der Waals surface area contributed by atoms with Crippen LogP contribution in [0.25, 0.3) is 0 Å². The lowest BCUT2D eigenvalue weighted by atomic mass is 9.93. The van der Waals surface area contributed by atoms with Crippen molar-refractivity contribution in [1.82, 2.24) is 9.47 Å². The molecule has 0 radical (unpaired) electrons. The summed E-state index contributed by atoms with van der Waals surface area (Å²) >= 11 is 1.49. The third kappa shape index (κ3) is 2.14. The minimum atomic E-state index is -0.917. The van der Waals surface area contributed by atoms with Crippen LogP contribution < -0.4 is 0 Å². The molecule has 1 aromatic heterocycles. The lowest BCUT2D eigenvalue weighted by Crippen LogP contribution is -2.42. The van der Waals surface area contributed by atoms with Crippen LogP contribution >= 0.6 is 11.8 Å². The van der Waals surface area contributed by atoms with E-state index in [1.54, 1.807) is 6.07 Å². The lowest BCUT2D eigenvalue weighted by molar-refractivity contribution is -0.140. The first-order chi connectivity index (χ1) is 9.18. The number of hydrogen-bond acceptors (Lipinski definition) is 3. The molecule has 0 aromatic carbocycles. The van der Waals surface area contributed by atoms with Crippen LogP contribution in [-0.2, 0) is 4.79 Å². The number of aromatic nitrogens is 1. The van der Waals surface area contributed by atoms with Crippen molar-refractivity contribution >= 4 is 23.6 Å². The van der Waals surface area contributed by atoms with Gasteiger partial charge in [0.1, 0.15) is 11.7 Å². The van der Waals surface area contributed by atoms with Gasteiger partial charge in [-0.25, -0.2) is 4.79 Å². The fourth-order valence-electron chi connectivity index (χ4n) is 2.55. The summed E-state index contributed by atoms with van der Waals surface area (Å²) in [6.07, 6.45) is 5.34. The summed E-state index contributed by atoms with van der Waals surface area (Å²) in [5.41, 5.74) is 0.624. The lowest BCUT2D eigenvalue weighted by Gasteiger charge is -2.30. The number of amides is 1. The molecule has 2 aliphatic rings. The first-order valence-electron chi connectivity index (χ1n) is 6.47. The standard InChI is InChI=1S/C13H16N2O3S/c16-12(15-8-19-7-11(15)13(17)18)10-5-2-6-14(10)9-3-1-4-9/h2,5-6,9,11H,1,3-4,7-8H2,(H,17,18)/t11-/m0/s1. The summed E-state index contributed by atoms with van der Waals surface area (Å²) in [6, 6.07) is 3.38. The predicted molar refractivity (Wildman–Crippen MR) is 72.2 cm³/mol. The van der Waals surface area contributed by atoms with Crippen LogP contribution in [0, 0.1) is 0 Å². The van der Waals surface area contributed by atoms with E-state index in [1.165, 1.54) is 23.1 Å². The Hall–Kier alpha value is -1.43. The molecule has 0 unspecified atom stereocenters. The number of carboxylic acid groups (broad SMARTS) is 1. The Morgan fingerprint density at radius 3 is 2.79 bits per heavy atom. The molecule has 0 bridgehead atoms. The average Bonchev–Trinajstić information content (AvgIpc) is 2.93. The molecular weight excluding hydrogens is 264 g/mol. The van der Waals surface area contributed by atoms with Crippen LogP contribution in [0.3, 0.4) is 0 Å². The van der Waals surface area contributed by atoms with E-state index >= 15 is 0 Å². The van der Waals surface area contributed by atoms with Crippen LogP contribution in [0.4, 0.5) is 0 Å². The highest BCUT2D eigenvalue weighted by Crippen LogP contribution is 2.33. The Labute approximate surface area is 115 Å². The van der Waals surface area contributed by atoms with Crippen molar-refractivity contribution in [3.05, 3.63) is 24.0 Å². The zero-order chi connectivity index (χ0) is 13.4. The zero-order valence-electron chi connectivity index (χ0n) is 10.5. The maximum Gasteiger partial charge on any atom is 0.327 e. The number of thioether (sulfide) groups is 1. The molecule has 2 fully saturated rings. The quantitative estimate of drug-likeness (QED) is 0.917. The van der Waals surface area contributed by atoms with Crippen molar-refractivity contribution in [3.8, 4) is 0 Å². The van der Waals surface area contributed by atoms with Gasteiger partial charge in [-0.2, -0.15) is 0 Å². The van der Waals surface area contributed by atoms with Gasteiger partial charge in [-0.1, -0.05) is 0 Å². The number of hydrogen-bond donors (Lipinski definition) is 1. The minimum Gasteiger partial charge on any atom is -0.480 e. The third-order valence-corrected chi connectivity index (χ3v) is 4.91. The molecule has 1 aliphatic heterocycles. The fraction of sp³-hybridized carbons (Fsp3) is 0.538. The Morgan fingerprint density at radius 2 is 2.16 bits per heavy atom. The molecule has 102 valence electrons. The molecule has 1 aliphatic carbocycles. The van der Waals surface area contributed by atoms with Crippen molar-refractivity contribution < 1.29 is 14.7 Å². The second kappa shape index (κ2) is 4.92. The maximum atomic E-state index is 12.5. The summed E-state index contributed by atoms with van der Waals surface area (Å²) in [6.45, 7) is 0. The molecule has 2 heterocycles. The Kier molecular flexibility index (Phi) is 3.26. The largest absolute Gasteiger partial charge is 0.480 e. The highest BCUT2D eigenvalue weighted by Gasteiger charge is 2.36. The first-order valence-corrected chi connectivity index (χ1v) is 7.62. The number of carbonyl (C=O) groups excluding carboxylic acids is 1. The van der Waals surface area contributed by atoms with Crippen molar-refractivity contribution in [2.24, 2.45) is 0 Å². The average molecular weight is 280 g/mol. The number of carbonyl (C=O) groups is 2.